The largest absolute Gasteiger partial charge is 0.419 e. The van der Waals surface area contributed by atoms with E-state index in [1.807, 2.05) is 31.2 Å². The minimum Gasteiger partial charge on any atom is -0.408 e. The monoisotopic (exact) mass is 291 g/mol. The van der Waals surface area contributed by atoms with E-state index in [4.69, 9.17) is 14.9 Å². The smallest absolute Gasteiger partial charge is 0.408 e. The summed E-state index contributed by atoms with van der Waals surface area (Å²) in [5, 5.41) is 0. The van der Waals surface area contributed by atoms with Crippen molar-refractivity contribution in [2.75, 3.05) is 26.2 Å². The first kappa shape index (κ1) is 14.3. The molecule has 1 aliphatic rings. The highest BCUT2D eigenvalue weighted by molar-refractivity contribution is 5.72. The van der Waals surface area contributed by atoms with Gasteiger partial charge in [-0.25, -0.2) is 4.79 Å². The first-order valence-electron chi connectivity index (χ1n) is 7.33. The number of nitrogens with zero attached hydrogens (tertiary/aromatic N) is 2. The summed E-state index contributed by atoms with van der Waals surface area (Å²) >= 11 is 0. The van der Waals surface area contributed by atoms with Gasteiger partial charge >= 0.3 is 5.76 Å². The number of fused-ring (bicyclic) bond motifs is 1. The Bertz CT molecular complexity index is 661. The van der Waals surface area contributed by atoms with Gasteiger partial charge < -0.3 is 14.9 Å². The van der Waals surface area contributed by atoms with Crippen molar-refractivity contribution in [1.29, 1.82) is 0 Å². The summed E-state index contributed by atoms with van der Waals surface area (Å²) < 4.78 is 12.6. The maximum absolute atomic E-state index is 11.9. The van der Waals surface area contributed by atoms with E-state index >= 15 is 0 Å². The Morgan fingerprint density at radius 3 is 3.00 bits per heavy atom. The number of aromatic nitrogens is 1. The average Bonchev–Trinajstić information content (AvgIpc) is 2.81. The summed E-state index contributed by atoms with van der Waals surface area (Å²) in [6.45, 7) is 5.73. The predicted octanol–water partition coefficient (Wildman–Crippen LogP) is 0.643. The summed E-state index contributed by atoms with van der Waals surface area (Å²) in [7, 11) is 0. The Labute approximate surface area is 123 Å². The second-order valence-electron chi connectivity index (χ2n) is 5.56. The van der Waals surface area contributed by atoms with Crippen LogP contribution in [0.1, 0.15) is 6.92 Å². The number of nitrogens with two attached hydrogens (primary N) is 1. The van der Waals surface area contributed by atoms with Crippen LogP contribution in [-0.4, -0.2) is 47.9 Å². The molecule has 1 aliphatic heterocycles. The molecule has 2 aromatic rings. The summed E-state index contributed by atoms with van der Waals surface area (Å²) in [6.07, 6.45) is 0.0663. The lowest BCUT2D eigenvalue weighted by Gasteiger charge is -2.34. The molecule has 0 spiro atoms. The van der Waals surface area contributed by atoms with Crippen molar-refractivity contribution in [3.8, 4) is 0 Å². The Hall–Kier alpha value is -1.63. The number of benzene rings is 1. The van der Waals surface area contributed by atoms with E-state index in [0.717, 1.165) is 25.2 Å². The van der Waals surface area contributed by atoms with Crippen molar-refractivity contribution in [2.45, 2.75) is 25.6 Å². The Balaban J connectivity index is 1.69. The highest BCUT2D eigenvalue weighted by Crippen LogP contribution is 2.12. The van der Waals surface area contributed by atoms with Crippen LogP contribution in [0.3, 0.4) is 0 Å². The van der Waals surface area contributed by atoms with Gasteiger partial charge in [-0.15, -0.1) is 0 Å². The van der Waals surface area contributed by atoms with Crippen LogP contribution in [0.25, 0.3) is 11.1 Å². The van der Waals surface area contributed by atoms with Gasteiger partial charge in [-0.1, -0.05) is 12.1 Å². The fourth-order valence-electron chi connectivity index (χ4n) is 2.72. The first-order valence-corrected chi connectivity index (χ1v) is 7.33. The van der Waals surface area contributed by atoms with Crippen LogP contribution in [0.4, 0.5) is 0 Å². The molecule has 6 heteroatoms. The van der Waals surface area contributed by atoms with Gasteiger partial charge in [-0.3, -0.25) is 9.47 Å². The van der Waals surface area contributed by atoms with Crippen molar-refractivity contribution in [1.82, 2.24) is 9.47 Å². The molecule has 21 heavy (non-hydrogen) atoms. The van der Waals surface area contributed by atoms with E-state index in [0.29, 0.717) is 18.7 Å². The van der Waals surface area contributed by atoms with Gasteiger partial charge in [-0.05, 0) is 19.1 Å². The zero-order valence-corrected chi connectivity index (χ0v) is 12.2. The van der Waals surface area contributed by atoms with E-state index < -0.39 is 0 Å². The number of para-hydroxylation sites is 2. The lowest BCUT2D eigenvalue weighted by Crippen LogP contribution is -2.50. The van der Waals surface area contributed by atoms with Crippen LogP contribution in [0.15, 0.2) is 33.5 Å². The third-order valence-corrected chi connectivity index (χ3v) is 3.98. The SMILES string of the molecule is CC(N)C1CN(CCn2c(=O)oc3ccccc32)CCO1. The van der Waals surface area contributed by atoms with Gasteiger partial charge in [-0.2, -0.15) is 0 Å². The van der Waals surface area contributed by atoms with Crippen molar-refractivity contribution in [3.63, 3.8) is 0 Å². The summed E-state index contributed by atoms with van der Waals surface area (Å²) in [5.74, 6) is -0.298. The molecule has 0 bridgehead atoms. The molecule has 3 rings (SSSR count). The number of hydrogen-bond acceptors (Lipinski definition) is 5. The maximum Gasteiger partial charge on any atom is 0.419 e. The molecule has 1 aromatic carbocycles. The Kier molecular flexibility index (Phi) is 4.10. The molecule has 1 saturated heterocycles. The Morgan fingerprint density at radius 2 is 2.19 bits per heavy atom. The lowest BCUT2D eigenvalue weighted by atomic mass is 10.1. The molecule has 6 nitrogen and oxygen atoms in total. The van der Waals surface area contributed by atoms with Crippen LogP contribution in [0, 0.1) is 0 Å². The topological polar surface area (TPSA) is 73.6 Å². The highest BCUT2D eigenvalue weighted by atomic mass is 16.5. The third kappa shape index (κ3) is 3.02. The molecule has 0 radical (unpaired) electrons. The van der Waals surface area contributed by atoms with E-state index in [2.05, 4.69) is 4.90 Å². The molecular weight excluding hydrogens is 270 g/mol. The molecule has 2 N–H and O–H groups in total. The molecule has 0 aliphatic carbocycles. The van der Waals surface area contributed by atoms with Gasteiger partial charge in [0.2, 0.25) is 0 Å². The van der Waals surface area contributed by atoms with Crippen molar-refractivity contribution < 1.29 is 9.15 Å². The standard InChI is InChI=1S/C15H21N3O3/c1-11(16)14-10-17(8-9-20-14)6-7-18-12-4-2-3-5-13(12)21-15(18)19/h2-5,11,14H,6-10,16H2,1H3. The van der Waals surface area contributed by atoms with E-state index in [-0.39, 0.29) is 17.9 Å². The quantitative estimate of drug-likeness (QED) is 0.895. The number of morpholine rings is 1. The lowest BCUT2D eigenvalue weighted by molar-refractivity contribution is -0.0384. The van der Waals surface area contributed by atoms with Crippen molar-refractivity contribution in [2.24, 2.45) is 5.73 Å². The van der Waals surface area contributed by atoms with Gasteiger partial charge in [0.1, 0.15) is 0 Å². The fraction of sp³-hybridized carbons (Fsp3) is 0.533. The molecule has 114 valence electrons. The number of hydrogen-bond donors (Lipinski definition) is 1. The van der Waals surface area contributed by atoms with E-state index in [1.165, 1.54) is 0 Å². The van der Waals surface area contributed by atoms with Crippen molar-refractivity contribution >= 4 is 11.1 Å². The first-order chi connectivity index (χ1) is 10.1. The fourth-order valence-corrected chi connectivity index (χ4v) is 2.72. The molecule has 0 amide bonds. The van der Waals surface area contributed by atoms with Gasteiger partial charge in [0.05, 0.1) is 18.2 Å². The van der Waals surface area contributed by atoms with Gasteiger partial charge in [0.25, 0.3) is 0 Å². The van der Waals surface area contributed by atoms with Crippen LogP contribution >= 0.6 is 0 Å². The molecule has 0 saturated carbocycles. The average molecular weight is 291 g/mol. The Morgan fingerprint density at radius 1 is 1.38 bits per heavy atom. The minimum atomic E-state index is -0.298. The molecule has 2 unspecified atom stereocenters. The highest BCUT2D eigenvalue weighted by Gasteiger charge is 2.23. The van der Waals surface area contributed by atoms with E-state index in [9.17, 15) is 4.79 Å². The minimum absolute atomic E-state index is 0.0188. The molecule has 2 atom stereocenters. The molecule has 2 heterocycles. The third-order valence-electron chi connectivity index (χ3n) is 3.98. The number of rotatable bonds is 4. The van der Waals surface area contributed by atoms with Crippen LogP contribution in [0.5, 0.6) is 0 Å². The van der Waals surface area contributed by atoms with E-state index in [1.54, 1.807) is 4.57 Å². The van der Waals surface area contributed by atoms with Crippen LogP contribution < -0.4 is 11.5 Å². The van der Waals surface area contributed by atoms with Crippen LogP contribution in [0.2, 0.25) is 0 Å². The zero-order chi connectivity index (χ0) is 14.8. The normalized spacial score (nSPS) is 21.7. The summed E-state index contributed by atoms with van der Waals surface area (Å²) in [5.41, 5.74) is 7.38. The molecule has 1 aromatic heterocycles. The maximum atomic E-state index is 11.9. The van der Waals surface area contributed by atoms with Crippen molar-refractivity contribution in [3.05, 3.63) is 34.8 Å². The van der Waals surface area contributed by atoms with Gasteiger partial charge in [0.15, 0.2) is 5.58 Å². The molecule has 1 fully saturated rings. The second-order valence-corrected chi connectivity index (χ2v) is 5.56. The van der Waals surface area contributed by atoms with Gasteiger partial charge in [0, 0.05) is 32.2 Å². The summed E-state index contributed by atoms with van der Waals surface area (Å²) in [4.78, 5) is 14.2. The predicted molar refractivity (Wildman–Crippen MR) is 80.3 cm³/mol. The summed E-state index contributed by atoms with van der Waals surface area (Å²) in [6, 6.07) is 7.52. The number of ether oxygens (including phenoxy) is 1. The zero-order valence-electron chi connectivity index (χ0n) is 12.2. The van der Waals surface area contributed by atoms with Crippen LogP contribution in [-0.2, 0) is 11.3 Å². The number of oxazole rings is 1. The second kappa shape index (κ2) is 6.01. The molecular formula is C15H21N3O3.